The Kier molecular flexibility index (Phi) is 3.39. The summed E-state index contributed by atoms with van der Waals surface area (Å²) in [5.74, 6) is 0.0899. The number of carbonyl (C=O) groups excluding carboxylic acids is 1. The molecule has 1 aliphatic rings. The van der Waals surface area contributed by atoms with Crippen LogP contribution in [0.5, 0.6) is 0 Å². The summed E-state index contributed by atoms with van der Waals surface area (Å²) in [4.78, 5) is 24.1. The Morgan fingerprint density at radius 3 is 2.48 bits per heavy atom. The minimum absolute atomic E-state index is 0.0594. The van der Waals surface area contributed by atoms with E-state index in [0.29, 0.717) is 13.0 Å². The van der Waals surface area contributed by atoms with Gasteiger partial charge in [0.15, 0.2) is 0 Å². The summed E-state index contributed by atoms with van der Waals surface area (Å²) in [6.07, 6.45) is 1.27. The molecule has 0 bridgehead atoms. The number of amides is 1. The highest BCUT2D eigenvalue weighted by Gasteiger charge is 2.23. The molecular formula is C16H14N2O3. The Bertz CT molecular complexity index is 695. The molecule has 0 aromatic heterocycles. The van der Waals surface area contributed by atoms with Gasteiger partial charge in [-0.25, -0.2) is 0 Å². The fourth-order valence-corrected chi connectivity index (χ4v) is 2.58. The zero-order chi connectivity index (χ0) is 14.8. The molecule has 0 radical (unpaired) electrons. The summed E-state index contributed by atoms with van der Waals surface area (Å²) in [6.45, 7) is 0.438. The Morgan fingerprint density at radius 2 is 1.76 bits per heavy atom. The van der Waals surface area contributed by atoms with Crippen LogP contribution in [0.15, 0.2) is 48.5 Å². The van der Waals surface area contributed by atoms with Gasteiger partial charge in [-0.15, -0.1) is 0 Å². The van der Waals surface area contributed by atoms with Crippen LogP contribution in [0.3, 0.4) is 0 Å². The zero-order valence-electron chi connectivity index (χ0n) is 11.4. The van der Waals surface area contributed by atoms with E-state index in [1.54, 1.807) is 17.0 Å². The van der Waals surface area contributed by atoms with Crippen LogP contribution in [-0.4, -0.2) is 10.8 Å². The van der Waals surface area contributed by atoms with Crippen molar-refractivity contribution in [2.45, 2.75) is 19.4 Å². The van der Waals surface area contributed by atoms with Gasteiger partial charge < -0.3 is 4.90 Å². The maximum absolute atomic E-state index is 12.2. The lowest BCUT2D eigenvalue weighted by molar-refractivity contribution is -0.384. The number of nitrogens with zero attached hydrogens (tertiary/aromatic N) is 2. The molecule has 0 atom stereocenters. The van der Waals surface area contributed by atoms with Crippen molar-refractivity contribution in [1.82, 2.24) is 0 Å². The smallest absolute Gasteiger partial charge is 0.269 e. The number of nitro benzene ring substituents is 1. The molecule has 5 heteroatoms. The Hall–Kier alpha value is -2.69. The molecule has 5 nitrogen and oxygen atoms in total. The highest BCUT2D eigenvalue weighted by molar-refractivity contribution is 5.96. The fraction of sp³-hybridized carbons (Fsp3) is 0.188. The first kappa shape index (κ1) is 13.3. The second-order valence-corrected chi connectivity index (χ2v) is 5.03. The fourth-order valence-electron chi connectivity index (χ4n) is 2.58. The lowest BCUT2D eigenvalue weighted by Crippen LogP contribution is -2.34. The van der Waals surface area contributed by atoms with Crippen molar-refractivity contribution < 1.29 is 9.72 Å². The normalized spacial score (nSPS) is 13.9. The number of nitro groups is 1. The van der Waals surface area contributed by atoms with E-state index in [-0.39, 0.29) is 11.6 Å². The van der Waals surface area contributed by atoms with Gasteiger partial charge in [0, 0.05) is 24.2 Å². The van der Waals surface area contributed by atoms with Crippen molar-refractivity contribution in [2.24, 2.45) is 0 Å². The maximum Gasteiger partial charge on any atom is 0.269 e. The molecule has 1 amide bonds. The number of para-hydroxylation sites is 1. The Morgan fingerprint density at radius 1 is 1.05 bits per heavy atom. The summed E-state index contributed by atoms with van der Waals surface area (Å²) >= 11 is 0. The van der Waals surface area contributed by atoms with Crippen LogP contribution in [-0.2, 0) is 17.8 Å². The molecule has 2 aromatic rings. The van der Waals surface area contributed by atoms with E-state index in [1.165, 1.54) is 17.7 Å². The van der Waals surface area contributed by atoms with Crippen molar-refractivity contribution in [3.63, 3.8) is 0 Å². The molecule has 0 N–H and O–H groups in total. The van der Waals surface area contributed by atoms with E-state index >= 15 is 0 Å². The van der Waals surface area contributed by atoms with Crippen LogP contribution in [0.4, 0.5) is 11.4 Å². The number of hydrogen-bond donors (Lipinski definition) is 0. The first-order valence-corrected chi connectivity index (χ1v) is 6.77. The molecule has 0 saturated heterocycles. The number of carbonyl (C=O) groups is 1. The average Bonchev–Trinajstić information content (AvgIpc) is 2.51. The van der Waals surface area contributed by atoms with Gasteiger partial charge in [0.25, 0.3) is 5.69 Å². The molecular weight excluding hydrogens is 268 g/mol. The SMILES string of the molecule is O=C1CCc2ccccc2N1Cc1ccc([N+](=O)[O-])cc1. The standard InChI is InChI=1S/C16H14N2O3/c19-16-10-7-13-3-1-2-4-15(13)17(16)11-12-5-8-14(9-6-12)18(20)21/h1-6,8-9H,7,10-11H2. The number of hydrogen-bond acceptors (Lipinski definition) is 3. The Balaban J connectivity index is 1.87. The van der Waals surface area contributed by atoms with Gasteiger partial charge >= 0.3 is 0 Å². The molecule has 21 heavy (non-hydrogen) atoms. The quantitative estimate of drug-likeness (QED) is 0.642. The van der Waals surface area contributed by atoms with Gasteiger partial charge in [-0.1, -0.05) is 30.3 Å². The van der Waals surface area contributed by atoms with Gasteiger partial charge in [-0.05, 0) is 23.6 Å². The second kappa shape index (κ2) is 5.36. The lowest BCUT2D eigenvalue weighted by Gasteiger charge is -2.29. The molecule has 1 aliphatic heterocycles. The molecule has 0 unspecified atom stereocenters. The summed E-state index contributed by atoms with van der Waals surface area (Å²) in [6, 6.07) is 14.2. The largest absolute Gasteiger partial charge is 0.308 e. The third-order valence-electron chi connectivity index (χ3n) is 3.68. The van der Waals surface area contributed by atoms with E-state index < -0.39 is 4.92 Å². The van der Waals surface area contributed by atoms with Crippen LogP contribution >= 0.6 is 0 Å². The number of benzene rings is 2. The predicted molar refractivity (Wildman–Crippen MR) is 79.0 cm³/mol. The first-order chi connectivity index (χ1) is 10.1. The van der Waals surface area contributed by atoms with Gasteiger partial charge in [0.05, 0.1) is 11.5 Å². The van der Waals surface area contributed by atoms with Crippen molar-refractivity contribution in [2.75, 3.05) is 4.90 Å². The summed E-state index contributed by atoms with van der Waals surface area (Å²) < 4.78 is 0. The molecule has 3 rings (SSSR count). The van der Waals surface area contributed by atoms with Crippen LogP contribution in [0.1, 0.15) is 17.5 Å². The molecule has 0 spiro atoms. The van der Waals surface area contributed by atoms with E-state index in [9.17, 15) is 14.9 Å². The number of rotatable bonds is 3. The zero-order valence-corrected chi connectivity index (χ0v) is 11.4. The monoisotopic (exact) mass is 282 g/mol. The van der Waals surface area contributed by atoms with Crippen molar-refractivity contribution in [1.29, 1.82) is 0 Å². The van der Waals surface area contributed by atoms with E-state index in [4.69, 9.17) is 0 Å². The first-order valence-electron chi connectivity index (χ1n) is 6.77. The number of fused-ring (bicyclic) bond motifs is 1. The Labute approximate surface area is 122 Å². The summed E-state index contributed by atoms with van der Waals surface area (Å²) in [5.41, 5.74) is 3.04. The van der Waals surface area contributed by atoms with Crippen LogP contribution in [0.25, 0.3) is 0 Å². The maximum atomic E-state index is 12.2. The van der Waals surface area contributed by atoms with Crippen molar-refractivity contribution in [3.05, 3.63) is 69.8 Å². The highest BCUT2D eigenvalue weighted by atomic mass is 16.6. The molecule has 106 valence electrons. The van der Waals surface area contributed by atoms with E-state index in [1.807, 2.05) is 24.3 Å². The molecule has 1 heterocycles. The lowest BCUT2D eigenvalue weighted by atomic mass is 10.0. The topological polar surface area (TPSA) is 63.5 Å². The third kappa shape index (κ3) is 2.63. The van der Waals surface area contributed by atoms with E-state index in [0.717, 1.165) is 17.7 Å². The summed E-state index contributed by atoms with van der Waals surface area (Å²) in [7, 11) is 0. The predicted octanol–water partition coefficient (Wildman–Crippen LogP) is 3.07. The van der Waals surface area contributed by atoms with Gasteiger partial charge in [-0.3, -0.25) is 14.9 Å². The van der Waals surface area contributed by atoms with Crippen LogP contribution < -0.4 is 4.90 Å². The minimum Gasteiger partial charge on any atom is -0.308 e. The molecule has 0 saturated carbocycles. The summed E-state index contributed by atoms with van der Waals surface area (Å²) in [5, 5.41) is 10.7. The minimum atomic E-state index is -0.425. The van der Waals surface area contributed by atoms with Crippen LogP contribution in [0, 0.1) is 10.1 Å². The molecule has 2 aromatic carbocycles. The third-order valence-corrected chi connectivity index (χ3v) is 3.68. The van der Waals surface area contributed by atoms with E-state index in [2.05, 4.69) is 0 Å². The molecule has 0 fully saturated rings. The van der Waals surface area contributed by atoms with Crippen molar-refractivity contribution in [3.8, 4) is 0 Å². The number of non-ortho nitro benzene ring substituents is 1. The van der Waals surface area contributed by atoms with Gasteiger partial charge in [0.1, 0.15) is 0 Å². The van der Waals surface area contributed by atoms with Gasteiger partial charge in [0.2, 0.25) is 5.91 Å². The second-order valence-electron chi connectivity index (χ2n) is 5.03. The average molecular weight is 282 g/mol. The molecule has 0 aliphatic carbocycles. The number of anilines is 1. The van der Waals surface area contributed by atoms with Crippen LogP contribution in [0.2, 0.25) is 0 Å². The van der Waals surface area contributed by atoms with Crippen molar-refractivity contribution >= 4 is 17.3 Å². The number of aryl methyl sites for hydroxylation is 1. The highest BCUT2D eigenvalue weighted by Crippen LogP contribution is 2.29. The van der Waals surface area contributed by atoms with Gasteiger partial charge in [-0.2, -0.15) is 0 Å².